The highest BCUT2D eigenvalue weighted by Crippen LogP contribution is 2.44. The van der Waals surface area contributed by atoms with Crippen LogP contribution in [0.15, 0.2) is 54.7 Å². The number of hydrogen-bond donors (Lipinski definition) is 2. The number of hydrogen-bond acceptors (Lipinski definition) is 7. The Hall–Kier alpha value is -4.21. The van der Waals surface area contributed by atoms with Gasteiger partial charge in [0.1, 0.15) is 12.6 Å². The van der Waals surface area contributed by atoms with E-state index in [4.69, 9.17) is 14.6 Å². The summed E-state index contributed by atoms with van der Waals surface area (Å²) in [5.74, 6) is -1.63. The molecule has 10 heteroatoms. The summed E-state index contributed by atoms with van der Waals surface area (Å²) in [6.07, 6.45) is 1.75. The van der Waals surface area contributed by atoms with Gasteiger partial charge in [-0.15, -0.1) is 5.10 Å². The van der Waals surface area contributed by atoms with E-state index in [9.17, 15) is 14.4 Å². The number of aryl methyl sites for hydroxylation is 1. The topological polar surface area (TPSA) is 133 Å². The molecule has 1 aromatic heterocycles. The number of benzene rings is 2. The molecule has 1 aliphatic carbocycles. The van der Waals surface area contributed by atoms with Gasteiger partial charge in [-0.1, -0.05) is 53.7 Å². The lowest BCUT2D eigenvalue weighted by Crippen LogP contribution is -2.45. The molecule has 35 heavy (non-hydrogen) atoms. The third-order valence-corrected chi connectivity index (χ3v) is 5.90. The van der Waals surface area contributed by atoms with Crippen LogP contribution in [0.4, 0.5) is 4.79 Å². The van der Waals surface area contributed by atoms with Crippen LogP contribution in [0.5, 0.6) is 0 Å². The molecule has 0 radical (unpaired) electrons. The van der Waals surface area contributed by atoms with E-state index >= 15 is 0 Å². The van der Waals surface area contributed by atoms with Gasteiger partial charge in [-0.25, -0.2) is 14.3 Å². The van der Waals surface area contributed by atoms with Crippen molar-refractivity contribution in [3.05, 3.63) is 71.5 Å². The minimum Gasteiger partial charge on any atom is -0.481 e. The standard InChI is InChI=1S/C25H26N4O6/c1-34-24(32)22(14-29-13-16(27-28-29)7-6-12-23(30)31)26-25(33)35-15-21-19-10-4-2-8-17(19)18-9-3-5-11-20(18)21/h2-5,8-11,13,21-22H,6-7,12,14-15H2,1H3,(H,26,33)(H,30,31). The van der Waals surface area contributed by atoms with E-state index in [0.29, 0.717) is 18.5 Å². The summed E-state index contributed by atoms with van der Waals surface area (Å²) in [5.41, 5.74) is 5.01. The van der Waals surface area contributed by atoms with E-state index in [1.54, 1.807) is 6.20 Å². The molecule has 0 spiro atoms. The number of rotatable bonds is 10. The van der Waals surface area contributed by atoms with Gasteiger partial charge in [0.25, 0.3) is 0 Å². The quantitative estimate of drug-likeness (QED) is 0.425. The fourth-order valence-electron chi connectivity index (χ4n) is 4.25. The average molecular weight is 479 g/mol. The summed E-state index contributed by atoms with van der Waals surface area (Å²) in [7, 11) is 1.23. The van der Waals surface area contributed by atoms with E-state index in [0.717, 1.165) is 22.3 Å². The van der Waals surface area contributed by atoms with E-state index in [2.05, 4.69) is 27.8 Å². The number of ether oxygens (including phenoxy) is 2. The first kappa shape index (κ1) is 23.9. The molecule has 0 saturated heterocycles. The van der Waals surface area contributed by atoms with Crippen LogP contribution in [0.2, 0.25) is 0 Å². The summed E-state index contributed by atoms with van der Waals surface area (Å²) >= 11 is 0. The summed E-state index contributed by atoms with van der Waals surface area (Å²) in [6, 6.07) is 15.0. The molecule has 0 saturated carbocycles. The Morgan fingerprint density at radius 3 is 2.37 bits per heavy atom. The highest BCUT2D eigenvalue weighted by Gasteiger charge is 2.30. The monoisotopic (exact) mass is 478 g/mol. The highest BCUT2D eigenvalue weighted by atomic mass is 16.6. The van der Waals surface area contributed by atoms with Gasteiger partial charge in [0.15, 0.2) is 0 Å². The lowest BCUT2D eigenvalue weighted by atomic mass is 9.98. The Bertz CT molecular complexity index is 1180. The second-order valence-electron chi connectivity index (χ2n) is 8.22. The first-order valence-electron chi connectivity index (χ1n) is 11.3. The van der Waals surface area contributed by atoms with E-state index in [1.165, 1.54) is 11.8 Å². The minimum absolute atomic E-state index is 0.0111. The molecule has 1 unspecified atom stereocenters. The van der Waals surface area contributed by atoms with Gasteiger partial charge in [-0.2, -0.15) is 0 Å². The summed E-state index contributed by atoms with van der Waals surface area (Å²) in [6.45, 7) is 0.105. The second-order valence-corrected chi connectivity index (χ2v) is 8.22. The van der Waals surface area contributed by atoms with Crippen molar-refractivity contribution in [3.8, 4) is 11.1 Å². The van der Waals surface area contributed by atoms with Gasteiger partial charge in [-0.3, -0.25) is 4.79 Å². The molecule has 182 valence electrons. The summed E-state index contributed by atoms with van der Waals surface area (Å²) in [4.78, 5) is 35.6. The van der Waals surface area contributed by atoms with Gasteiger partial charge < -0.3 is 19.9 Å². The predicted molar refractivity (Wildman–Crippen MR) is 125 cm³/mol. The van der Waals surface area contributed by atoms with Crippen molar-refractivity contribution in [1.82, 2.24) is 20.3 Å². The van der Waals surface area contributed by atoms with Crippen molar-refractivity contribution in [3.63, 3.8) is 0 Å². The van der Waals surface area contributed by atoms with Crippen LogP contribution < -0.4 is 5.32 Å². The molecule has 4 rings (SSSR count). The zero-order chi connectivity index (χ0) is 24.8. The summed E-state index contributed by atoms with van der Waals surface area (Å²) < 4.78 is 11.7. The van der Waals surface area contributed by atoms with Gasteiger partial charge in [-0.05, 0) is 35.1 Å². The largest absolute Gasteiger partial charge is 0.481 e. The van der Waals surface area contributed by atoms with E-state index in [-0.39, 0.29) is 25.5 Å². The Labute approximate surface area is 201 Å². The maximum Gasteiger partial charge on any atom is 0.407 e. The van der Waals surface area contributed by atoms with Crippen molar-refractivity contribution >= 4 is 18.0 Å². The molecule has 2 aromatic carbocycles. The number of fused-ring (bicyclic) bond motifs is 3. The Morgan fingerprint density at radius 1 is 1.09 bits per heavy atom. The van der Waals surface area contributed by atoms with Gasteiger partial charge in [0, 0.05) is 18.5 Å². The van der Waals surface area contributed by atoms with Crippen LogP contribution in [0.1, 0.15) is 35.6 Å². The van der Waals surface area contributed by atoms with Crippen LogP contribution >= 0.6 is 0 Å². The molecular formula is C25H26N4O6. The second kappa shape index (κ2) is 10.8. The highest BCUT2D eigenvalue weighted by molar-refractivity contribution is 5.82. The molecule has 0 aliphatic heterocycles. The lowest BCUT2D eigenvalue weighted by Gasteiger charge is -2.18. The maximum atomic E-state index is 12.6. The SMILES string of the molecule is COC(=O)C(Cn1cc(CCCC(=O)O)nn1)NC(=O)OCC1c2ccccc2-c2ccccc21. The Kier molecular flexibility index (Phi) is 7.39. The number of carboxylic acid groups (broad SMARTS) is 1. The van der Waals surface area contributed by atoms with E-state index in [1.807, 2.05) is 36.4 Å². The molecule has 3 aromatic rings. The number of aromatic nitrogens is 3. The minimum atomic E-state index is -1.04. The maximum absolute atomic E-state index is 12.6. The summed E-state index contributed by atoms with van der Waals surface area (Å²) in [5, 5.41) is 19.2. The first-order chi connectivity index (χ1) is 17.0. The van der Waals surface area contributed by atoms with Gasteiger partial charge in [0.2, 0.25) is 0 Å². The molecule has 1 atom stereocenters. The molecule has 0 bridgehead atoms. The van der Waals surface area contributed by atoms with Crippen molar-refractivity contribution < 1.29 is 29.0 Å². The number of aliphatic carboxylic acids is 1. The number of carbonyl (C=O) groups excluding carboxylic acids is 2. The number of amides is 1. The van der Waals surface area contributed by atoms with Crippen LogP contribution in [0.25, 0.3) is 11.1 Å². The zero-order valence-corrected chi connectivity index (χ0v) is 19.2. The number of methoxy groups -OCH3 is 1. The number of carboxylic acids is 1. The average Bonchev–Trinajstić information content (AvgIpc) is 3.43. The van der Waals surface area contributed by atoms with Crippen LogP contribution in [-0.4, -0.2) is 57.9 Å². The number of alkyl carbamates (subject to hydrolysis) is 1. The smallest absolute Gasteiger partial charge is 0.407 e. The molecule has 2 N–H and O–H groups in total. The van der Waals surface area contributed by atoms with Crippen LogP contribution in [-0.2, 0) is 32.0 Å². The fourth-order valence-corrected chi connectivity index (χ4v) is 4.25. The zero-order valence-electron chi connectivity index (χ0n) is 19.2. The predicted octanol–water partition coefficient (Wildman–Crippen LogP) is 2.77. The molecular weight excluding hydrogens is 452 g/mol. The van der Waals surface area contributed by atoms with Crippen molar-refractivity contribution in [2.24, 2.45) is 0 Å². The van der Waals surface area contributed by atoms with Crippen molar-refractivity contribution in [1.29, 1.82) is 0 Å². The molecule has 1 aliphatic rings. The molecule has 1 heterocycles. The third kappa shape index (κ3) is 5.65. The number of nitrogens with one attached hydrogen (secondary N) is 1. The van der Waals surface area contributed by atoms with Gasteiger partial charge >= 0.3 is 18.0 Å². The van der Waals surface area contributed by atoms with Gasteiger partial charge in [0.05, 0.1) is 19.3 Å². The van der Waals surface area contributed by atoms with Crippen LogP contribution in [0.3, 0.4) is 0 Å². The van der Waals surface area contributed by atoms with Crippen LogP contribution in [0, 0.1) is 0 Å². The fraction of sp³-hybridized carbons (Fsp3) is 0.320. The number of carbonyl (C=O) groups is 3. The molecule has 1 amide bonds. The third-order valence-electron chi connectivity index (χ3n) is 5.90. The number of esters is 1. The van der Waals surface area contributed by atoms with Crippen molar-refractivity contribution in [2.75, 3.05) is 13.7 Å². The lowest BCUT2D eigenvalue weighted by molar-refractivity contribution is -0.143. The molecule has 0 fully saturated rings. The van der Waals surface area contributed by atoms with E-state index < -0.39 is 24.1 Å². The van der Waals surface area contributed by atoms with Crippen molar-refractivity contribution in [2.45, 2.75) is 37.8 Å². The Balaban J connectivity index is 1.37. The normalized spacial score (nSPS) is 12.9. The number of nitrogens with zero attached hydrogens (tertiary/aromatic N) is 3. The Morgan fingerprint density at radius 2 is 1.74 bits per heavy atom. The molecule has 10 nitrogen and oxygen atoms in total. The first-order valence-corrected chi connectivity index (χ1v) is 11.3.